The van der Waals surface area contributed by atoms with Crippen LogP contribution in [0.1, 0.15) is 46.1 Å². The molecule has 3 aromatic rings. The second-order valence-electron chi connectivity index (χ2n) is 8.76. The fourth-order valence-corrected chi connectivity index (χ4v) is 4.74. The van der Waals surface area contributed by atoms with Crippen molar-refractivity contribution in [3.8, 4) is 6.07 Å². The average Bonchev–Trinajstić information content (AvgIpc) is 3.29. The molecule has 3 heterocycles. The second kappa shape index (κ2) is 9.11. The van der Waals surface area contributed by atoms with Gasteiger partial charge in [0.05, 0.1) is 22.7 Å². The van der Waals surface area contributed by atoms with Crippen LogP contribution in [0.3, 0.4) is 0 Å². The van der Waals surface area contributed by atoms with Gasteiger partial charge in [0.1, 0.15) is 0 Å². The number of aromatic amines is 1. The molecule has 2 fully saturated rings. The van der Waals surface area contributed by atoms with Gasteiger partial charge < -0.3 is 15.2 Å². The number of carbonyl (C=O) groups excluding carboxylic acids is 1. The van der Waals surface area contributed by atoms with Crippen molar-refractivity contribution in [1.29, 1.82) is 5.26 Å². The molecule has 2 saturated heterocycles. The summed E-state index contributed by atoms with van der Waals surface area (Å²) in [6.07, 6.45) is 2.30. The molecule has 0 bridgehead atoms. The van der Waals surface area contributed by atoms with Gasteiger partial charge in [-0.05, 0) is 67.2 Å². The molecule has 0 aliphatic carbocycles. The first-order valence-corrected chi connectivity index (χ1v) is 11.4. The van der Waals surface area contributed by atoms with Crippen LogP contribution in [0.25, 0.3) is 11.0 Å². The van der Waals surface area contributed by atoms with Gasteiger partial charge in [0, 0.05) is 32.7 Å². The first kappa shape index (κ1) is 20.7. The highest BCUT2D eigenvalue weighted by atomic mass is 16.2. The van der Waals surface area contributed by atoms with Crippen molar-refractivity contribution in [2.24, 2.45) is 0 Å². The third-order valence-electron chi connectivity index (χ3n) is 6.67. The first-order chi connectivity index (χ1) is 15.7. The number of benzene rings is 2. The van der Waals surface area contributed by atoms with Gasteiger partial charge in [0.2, 0.25) is 0 Å². The fourth-order valence-electron chi connectivity index (χ4n) is 4.74. The van der Waals surface area contributed by atoms with E-state index in [-0.39, 0.29) is 5.91 Å². The number of H-pyrrole nitrogens is 1. The van der Waals surface area contributed by atoms with Crippen LogP contribution in [-0.4, -0.2) is 64.9 Å². The van der Waals surface area contributed by atoms with E-state index in [1.54, 1.807) is 0 Å². The highest BCUT2D eigenvalue weighted by Crippen LogP contribution is 2.27. The summed E-state index contributed by atoms with van der Waals surface area (Å²) in [5, 5.41) is 12.3. The smallest absolute Gasteiger partial charge is 0.289 e. The summed E-state index contributed by atoms with van der Waals surface area (Å²) >= 11 is 0. The van der Waals surface area contributed by atoms with Gasteiger partial charge in [0.25, 0.3) is 5.91 Å². The molecule has 0 unspecified atom stereocenters. The molecular weight excluding hydrogens is 400 g/mol. The minimum atomic E-state index is -0.0253. The maximum Gasteiger partial charge on any atom is 0.289 e. The van der Waals surface area contributed by atoms with Crippen LogP contribution >= 0.6 is 0 Å². The molecule has 5 rings (SSSR count). The quantitative estimate of drug-likeness (QED) is 0.667. The number of hydrogen-bond donors (Lipinski definition) is 2. The topological polar surface area (TPSA) is 88.1 Å². The molecule has 2 aliphatic rings. The SMILES string of the molecule is N#Cc1ccc(CN2CCN(C(=O)c3nc4ccc(C5CCNCC5)cc4[nH]3)CC2)cc1. The van der Waals surface area contributed by atoms with Crippen LogP contribution in [0.15, 0.2) is 42.5 Å². The van der Waals surface area contributed by atoms with Crippen molar-refractivity contribution in [3.63, 3.8) is 0 Å². The number of carbonyl (C=O) groups is 1. The lowest BCUT2D eigenvalue weighted by atomic mass is 9.90. The monoisotopic (exact) mass is 428 g/mol. The number of nitriles is 1. The lowest BCUT2D eigenvalue weighted by molar-refractivity contribution is 0.0618. The molecular formula is C25H28N6O. The summed E-state index contributed by atoms with van der Waals surface area (Å²) in [6, 6.07) is 16.2. The number of piperazine rings is 1. The molecule has 2 aliphatic heterocycles. The van der Waals surface area contributed by atoms with Crippen LogP contribution in [0.4, 0.5) is 0 Å². The third kappa shape index (κ3) is 4.38. The van der Waals surface area contributed by atoms with Gasteiger partial charge in [-0.25, -0.2) is 4.98 Å². The van der Waals surface area contributed by atoms with Crippen LogP contribution < -0.4 is 5.32 Å². The lowest BCUT2D eigenvalue weighted by Crippen LogP contribution is -2.48. The molecule has 0 atom stereocenters. The number of imidazole rings is 1. The highest BCUT2D eigenvalue weighted by Gasteiger charge is 2.25. The number of aromatic nitrogens is 2. The normalized spacial score (nSPS) is 18.0. The van der Waals surface area contributed by atoms with E-state index in [4.69, 9.17) is 5.26 Å². The van der Waals surface area contributed by atoms with E-state index in [9.17, 15) is 4.79 Å². The summed E-state index contributed by atoms with van der Waals surface area (Å²) in [5.41, 5.74) is 5.00. The molecule has 164 valence electrons. The predicted octanol–water partition coefficient (Wildman–Crippen LogP) is 2.86. The summed E-state index contributed by atoms with van der Waals surface area (Å²) in [4.78, 5) is 25.2. The van der Waals surface area contributed by atoms with Crippen LogP contribution in [-0.2, 0) is 6.54 Å². The summed E-state index contributed by atoms with van der Waals surface area (Å²) in [7, 11) is 0. The van der Waals surface area contributed by atoms with E-state index in [1.165, 1.54) is 11.1 Å². The second-order valence-corrected chi connectivity index (χ2v) is 8.76. The Morgan fingerprint density at radius 1 is 1.06 bits per heavy atom. The third-order valence-corrected chi connectivity index (χ3v) is 6.67. The number of piperidine rings is 1. The Kier molecular flexibility index (Phi) is 5.89. The van der Waals surface area contributed by atoms with Gasteiger partial charge in [-0.1, -0.05) is 18.2 Å². The number of hydrogen-bond acceptors (Lipinski definition) is 5. The molecule has 1 amide bonds. The van der Waals surface area contributed by atoms with Crippen molar-refractivity contribution in [1.82, 2.24) is 25.1 Å². The van der Waals surface area contributed by atoms with Gasteiger partial charge in [-0.2, -0.15) is 5.26 Å². The summed E-state index contributed by atoms with van der Waals surface area (Å²) < 4.78 is 0. The van der Waals surface area contributed by atoms with Crippen molar-refractivity contribution >= 4 is 16.9 Å². The largest absolute Gasteiger partial charge is 0.334 e. The standard InChI is InChI=1S/C25H28N6O/c26-16-18-1-3-19(4-2-18)17-30-11-13-31(14-12-30)25(32)24-28-22-6-5-21(15-23(22)29-24)20-7-9-27-10-8-20/h1-6,15,20,27H,7-14,17H2,(H,28,29). The van der Waals surface area contributed by atoms with E-state index in [0.717, 1.165) is 56.6 Å². The Morgan fingerprint density at radius 2 is 1.81 bits per heavy atom. The fraction of sp³-hybridized carbons (Fsp3) is 0.400. The molecule has 0 spiro atoms. The Hall–Kier alpha value is -3.21. The lowest BCUT2D eigenvalue weighted by Gasteiger charge is -2.34. The number of nitrogens with one attached hydrogen (secondary N) is 2. The maximum absolute atomic E-state index is 13.1. The zero-order valence-electron chi connectivity index (χ0n) is 18.2. The van der Waals surface area contributed by atoms with Crippen LogP contribution in [0, 0.1) is 11.3 Å². The Bertz CT molecular complexity index is 1130. The number of nitrogens with zero attached hydrogens (tertiary/aromatic N) is 4. The maximum atomic E-state index is 13.1. The average molecular weight is 429 g/mol. The Labute approximate surface area is 188 Å². The molecule has 2 N–H and O–H groups in total. The summed E-state index contributed by atoms with van der Waals surface area (Å²) in [5.74, 6) is 0.984. The Morgan fingerprint density at radius 3 is 2.53 bits per heavy atom. The molecule has 0 radical (unpaired) electrons. The zero-order valence-corrected chi connectivity index (χ0v) is 18.2. The minimum absolute atomic E-state index is 0.0253. The first-order valence-electron chi connectivity index (χ1n) is 11.4. The van der Waals surface area contributed by atoms with Crippen molar-refractivity contribution in [2.75, 3.05) is 39.3 Å². The van der Waals surface area contributed by atoms with E-state index in [1.807, 2.05) is 35.2 Å². The predicted molar refractivity (Wildman–Crippen MR) is 123 cm³/mol. The minimum Gasteiger partial charge on any atom is -0.334 e. The Balaban J connectivity index is 1.21. The molecule has 7 heteroatoms. The van der Waals surface area contributed by atoms with Crippen LogP contribution in [0.5, 0.6) is 0 Å². The molecule has 0 saturated carbocycles. The van der Waals surface area contributed by atoms with E-state index in [2.05, 4.69) is 38.4 Å². The molecule has 7 nitrogen and oxygen atoms in total. The highest BCUT2D eigenvalue weighted by molar-refractivity contribution is 5.94. The molecule has 32 heavy (non-hydrogen) atoms. The molecule has 2 aromatic carbocycles. The number of fused-ring (bicyclic) bond motifs is 1. The van der Waals surface area contributed by atoms with Crippen LogP contribution in [0.2, 0.25) is 0 Å². The van der Waals surface area contributed by atoms with Gasteiger partial charge in [-0.3, -0.25) is 9.69 Å². The van der Waals surface area contributed by atoms with E-state index >= 15 is 0 Å². The van der Waals surface area contributed by atoms with Crippen molar-refractivity contribution < 1.29 is 4.79 Å². The summed E-state index contributed by atoms with van der Waals surface area (Å²) in [6.45, 7) is 5.98. The number of amides is 1. The van der Waals surface area contributed by atoms with Crippen molar-refractivity contribution in [3.05, 3.63) is 65.0 Å². The van der Waals surface area contributed by atoms with Gasteiger partial charge >= 0.3 is 0 Å². The number of rotatable bonds is 4. The van der Waals surface area contributed by atoms with Crippen molar-refractivity contribution in [2.45, 2.75) is 25.3 Å². The van der Waals surface area contributed by atoms with E-state index < -0.39 is 0 Å². The van der Waals surface area contributed by atoms with E-state index in [0.29, 0.717) is 30.4 Å². The molecule has 1 aromatic heterocycles. The zero-order chi connectivity index (χ0) is 21.9. The van der Waals surface area contributed by atoms with Gasteiger partial charge in [0.15, 0.2) is 5.82 Å². The van der Waals surface area contributed by atoms with Gasteiger partial charge in [-0.15, -0.1) is 0 Å².